The zero-order chi connectivity index (χ0) is 15.7. The Kier molecular flexibility index (Phi) is 5.51. The number of carbonyl (C=O) groups is 1. The lowest BCUT2D eigenvalue weighted by atomic mass is 10.1. The molecule has 0 saturated carbocycles. The molecule has 1 N–H and O–H groups in total. The van der Waals surface area contributed by atoms with E-state index in [4.69, 9.17) is 10.7 Å². The average Bonchev–Trinajstić information content (AvgIpc) is 2.25. The minimum atomic E-state index is -4.47. The third-order valence-electron chi connectivity index (χ3n) is 2.59. The highest BCUT2D eigenvalue weighted by atomic mass is 79.9. The summed E-state index contributed by atoms with van der Waals surface area (Å²) in [6.07, 6.45) is 0.548. The van der Waals surface area contributed by atoms with E-state index in [1.165, 1.54) is 0 Å². The van der Waals surface area contributed by atoms with Crippen molar-refractivity contribution in [2.45, 2.75) is 31.2 Å². The Balaban J connectivity index is 3.46. The fourth-order valence-corrected chi connectivity index (χ4v) is 3.76. The molecular formula is C11H11BrClF2NO3S. The summed E-state index contributed by atoms with van der Waals surface area (Å²) >= 11 is 2.71. The van der Waals surface area contributed by atoms with Crippen LogP contribution in [0.1, 0.15) is 30.6 Å². The quantitative estimate of drug-likeness (QED) is 0.803. The zero-order valence-electron chi connectivity index (χ0n) is 10.5. The van der Waals surface area contributed by atoms with Crippen molar-refractivity contribution in [3.8, 4) is 0 Å². The summed E-state index contributed by atoms with van der Waals surface area (Å²) in [4.78, 5) is 10.8. The summed E-state index contributed by atoms with van der Waals surface area (Å²) < 4.78 is 50.0. The predicted octanol–water partition coefficient (Wildman–Crippen LogP) is 3.18. The van der Waals surface area contributed by atoms with Crippen molar-refractivity contribution >= 4 is 41.6 Å². The minimum Gasteiger partial charge on any atom is -0.349 e. The Bertz CT molecular complexity index is 652. The van der Waals surface area contributed by atoms with Crippen molar-refractivity contribution in [3.05, 3.63) is 27.7 Å². The predicted molar refractivity (Wildman–Crippen MR) is 74.3 cm³/mol. The van der Waals surface area contributed by atoms with Crippen molar-refractivity contribution in [2.24, 2.45) is 0 Å². The molecule has 0 aliphatic carbocycles. The molecule has 0 aliphatic rings. The van der Waals surface area contributed by atoms with Crippen molar-refractivity contribution < 1.29 is 22.0 Å². The number of hydrogen-bond donors (Lipinski definition) is 1. The van der Waals surface area contributed by atoms with Crippen LogP contribution in [-0.2, 0) is 9.05 Å². The summed E-state index contributed by atoms with van der Waals surface area (Å²) in [5.41, 5.74) is -0.979. The molecule has 1 unspecified atom stereocenters. The van der Waals surface area contributed by atoms with E-state index >= 15 is 0 Å². The van der Waals surface area contributed by atoms with Gasteiger partial charge in [0.05, 0.1) is 0 Å². The first kappa shape index (κ1) is 17.3. The smallest absolute Gasteiger partial charge is 0.265 e. The summed E-state index contributed by atoms with van der Waals surface area (Å²) in [6.45, 7) is 3.42. The summed E-state index contributed by atoms with van der Waals surface area (Å²) in [5, 5.41) is 2.35. The summed E-state index contributed by atoms with van der Waals surface area (Å²) in [6, 6.07) is 0.366. The van der Waals surface area contributed by atoms with Gasteiger partial charge in [-0.2, -0.15) is 0 Å². The van der Waals surface area contributed by atoms with Gasteiger partial charge in [0.2, 0.25) is 0 Å². The molecule has 0 aliphatic heterocycles. The Hall–Kier alpha value is -0.730. The maximum absolute atomic E-state index is 14.1. The second kappa shape index (κ2) is 6.36. The van der Waals surface area contributed by atoms with Crippen LogP contribution in [0.2, 0.25) is 0 Å². The average molecular weight is 391 g/mol. The number of halogens is 4. The van der Waals surface area contributed by atoms with Gasteiger partial charge in [0.15, 0.2) is 5.82 Å². The fraction of sp³-hybridized carbons (Fsp3) is 0.364. The van der Waals surface area contributed by atoms with Crippen LogP contribution in [0.25, 0.3) is 0 Å². The van der Waals surface area contributed by atoms with Gasteiger partial charge < -0.3 is 5.32 Å². The van der Waals surface area contributed by atoms with Gasteiger partial charge in [0.1, 0.15) is 16.3 Å². The molecule has 0 saturated heterocycles. The van der Waals surface area contributed by atoms with E-state index in [0.29, 0.717) is 12.5 Å². The molecule has 112 valence electrons. The molecule has 0 heterocycles. The number of benzene rings is 1. The van der Waals surface area contributed by atoms with Crippen molar-refractivity contribution in [2.75, 3.05) is 0 Å². The summed E-state index contributed by atoms with van der Waals surface area (Å²) in [5.74, 6) is -3.74. The molecular weight excluding hydrogens is 380 g/mol. The van der Waals surface area contributed by atoms with Crippen molar-refractivity contribution in [1.29, 1.82) is 0 Å². The third kappa shape index (κ3) is 3.67. The highest BCUT2D eigenvalue weighted by Crippen LogP contribution is 2.31. The van der Waals surface area contributed by atoms with E-state index in [1.54, 1.807) is 13.8 Å². The van der Waals surface area contributed by atoms with Crippen LogP contribution in [-0.4, -0.2) is 20.4 Å². The van der Waals surface area contributed by atoms with Crippen LogP contribution in [0.5, 0.6) is 0 Å². The minimum absolute atomic E-state index is 0.319. The van der Waals surface area contributed by atoms with Gasteiger partial charge >= 0.3 is 0 Å². The topological polar surface area (TPSA) is 63.2 Å². The molecule has 1 aromatic carbocycles. The molecule has 0 spiro atoms. The van der Waals surface area contributed by atoms with E-state index in [0.717, 1.165) is 0 Å². The maximum Gasteiger partial charge on any atom is 0.265 e. The molecule has 1 amide bonds. The zero-order valence-corrected chi connectivity index (χ0v) is 13.7. The third-order valence-corrected chi connectivity index (χ3v) is 4.83. The van der Waals surface area contributed by atoms with E-state index in [1.807, 2.05) is 0 Å². The van der Waals surface area contributed by atoms with E-state index < -0.39 is 37.1 Å². The largest absolute Gasteiger partial charge is 0.349 e. The number of nitrogens with one attached hydrogen (secondary N) is 1. The second-order valence-corrected chi connectivity index (χ2v) is 7.44. The van der Waals surface area contributed by atoms with Crippen LogP contribution >= 0.6 is 26.6 Å². The maximum atomic E-state index is 14.1. The first-order valence-electron chi connectivity index (χ1n) is 5.52. The molecule has 1 rings (SSSR count). The normalized spacial score (nSPS) is 13.1. The SMILES string of the molecule is CCC(C)NC(=O)c1c(F)cc(Br)c(S(=O)(=O)Cl)c1F. The lowest BCUT2D eigenvalue weighted by Crippen LogP contribution is -2.33. The highest BCUT2D eigenvalue weighted by Gasteiger charge is 2.29. The first-order chi connectivity index (χ1) is 9.09. The van der Waals surface area contributed by atoms with Crippen molar-refractivity contribution in [1.82, 2.24) is 5.32 Å². The van der Waals surface area contributed by atoms with Crippen LogP contribution in [0.3, 0.4) is 0 Å². The number of hydrogen-bond acceptors (Lipinski definition) is 3. The molecule has 9 heteroatoms. The summed E-state index contributed by atoms with van der Waals surface area (Å²) in [7, 11) is 0.612. The van der Waals surface area contributed by atoms with E-state index in [9.17, 15) is 22.0 Å². The van der Waals surface area contributed by atoms with E-state index in [2.05, 4.69) is 21.2 Å². The van der Waals surface area contributed by atoms with Crippen molar-refractivity contribution in [3.63, 3.8) is 0 Å². The molecule has 0 bridgehead atoms. The highest BCUT2D eigenvalue weighted by molar-refractivity contribution is 9.10. The first-order valence-corrected chi connectivity index (χ1v) is 8.62. The number of amides is 1. The molecule has 0 fully saturated rings. The standard InChI is InChI=1S/C11H11BrClF2NO3S/c1-3-5(2)16-11(17)8-7(14)4-6(12)10(9(8)15)20(13,18)19/h4-5H,3H2,1-2H3,(H,16,17). The Morgan fingerprint density at radius 2 is 2.05 bits per heavy atom. The Morgan fingerprint density at radius 3 is 2.50 bits per heavy atom. The molecule has 1 aromatic rings. The van der Waals surface area contributed by atoms with Gasteiger partial charge in [-0.3, -0.25) is 4.79 Å². The van der Waals surface area contributed by atoms with Gasteiger partial charge in [-0.15, -0.1) is 0 Å². The second-order valence-electron chi connectivity index (χ2n) is 4.08. The van der Waals surface area contributed by atoms with E-state index in [-0.39, 0.29) is 10.5 Å². The Morgan fingerprint density at radius 1 is 1.50 bits per heavy atom. The van der Waals surface area contributed by atoms with Crippen LogP contribution in [0.4, 0.5) is 8.78 Å². The fourth-order valence-electron chi connectivity index (χ4n) is 1.40. The van der Waals surface area contributed by atoms with Gasteiger partial charge in [-0.1, -0.05) is 6.92 Å². The Labute approximate surface area is 128 Å². The number of rotatable bonds is 4. The number of carbonyl (C=O) groups excluding carboxylic acids is 1. The molecule has 0 aromatic heterocycles. The lowest BCUT2D eigenvalue weighted by Gasteiger charge is -2.14. The van der Waals surface area contributed by atoms with Gasteiger partial charge in [-0.25, -0.2) is 17.2 Å². The van der Waals surface area contributed by atoms with Crippen LogP contribution < -0.4 is 5.32 Å². The molecule has 4 nitrogen and oxygen atoms in total. The van der Waals surface area contributed by atoms with Gasteiger partial charge in [-0.05, 0) is 35.3 Å². The van der Waals surface area contributed by atoms with Gasteiger partial charge in [0.25, 0.3) is 15.0 Å². The molecule has 20 heavy (non-hydrogen) atoms. The molecule has 0 radical (unpaired) electrons. The molecule has 1 atom stereocenters. The van der Waals surface area contributed by atoms with Crippen LogP contribution in [0.15, 0.2) is 15.4 Å². The monoisotopic (exact) mass is 389 g/mol. The van der Waals surface area contributed by atoms with Gasteiger partial charge in [0, 0.05) is 21.2 Å². The van der Waals surface area contributed by atoms with Crippen LogP contribution in [0, 0.1) is 11.6 Å². The lowest BCUT2D eigenvalue weighted by molar-refractivity contribution is 0.0930.